The Bertz CT molecular complexity index is 907. The van der Waals surface area contributed by atoms with Gasteiger partial charge in [-0.05, 0) is 37.0 Å². The molecule has 1 aromatic carbocycles. The fraction of sp³-hybridized carbons (Fsp3) is 0.235. The molecule has 6 heteroatoms. The van der Waals surface area contributed by atoms with Crippen LogP contribution in [0.4, 0.5) is 0 Å². The zero-order valence-electron chi connectivity index (χ0n) is 12.2. The molecule has 1 aliphatic rings. The van der Waals surface area contributed by atoms with E-state index in [4.69, 9.17) is 11.6 Å². The van der Waals surface area contributed by atoms with Gasteiger partial charge in [-0.1, -0.05) is 35.5 Å². The predicted molar refractivity (Wildman–Crippen MR) is 95.9 cm³/mol. The van der Waals surface area contributed by atoms with E-state index in [0.717, 1.165) is 28.1 Å². The van der Waals surface area contributed by atoms with Crippen molar-refractivity contribution in [1.82, 2.24) is 9.97 Å². The molecule has 0 saturated carbocycles. The van der Waals surface area contributed by atoms with Crippen LogP contribution < -0.4 is 0 Å². The monoisotopic (exact) mass is 360 g/mol. The van der Waals surface area contributed by atoms with Crippen LogP contribution in [0.5, 0.6) is 0 Å². The van der Waals surface area contributed by atoms with E-state index in [1.807, 2.05) is 12.1 Å². The molecule has 4 rings (SSSR count). The van der Waals surface area contributed by atoms with Crippen LogP contribution in [0, 0.1) is 0 Å². The zero-order chi connectivity index (χ0) is 15.8. The van der Waals surface area contributed by atoms with Crippen LogP contribution in [0.15, 0.2) is 35.6 Å². The largest absolute Gasteiger partial charge is 0.293 e. The topological polar surface area (TPSA) is 42.9 Å². The van der Waals surface area contributed by atoms with Gasteiger partial charge in [-0.2, -0.15) is 0 Å². The molecule has 0 fully saturated rings. The molecule has 116 valence electrons. The highest BCUT2D eigenvalue weighted by molar-refractivity contribution is 8.00. The van der Waals surface area contributed by atoms with Crippen LogP contribution >= 0.6 is 34.7 Å². The Morgan fingerprint density at radius 1 is 1.26 bits per heavy atom. The number of nitrogens with zero attached hydrogens (tertiary/aromatic N) is 2. The summed E-state index contributed by atoms with van der Waals surface area (Å²) in [6.07, 6.45) is 5.03. The number of aromatic nitrogens is 2. The second-order valence-corrected chi connectivity index (χ2v) is 7.86. The first-order chi connectivity index (χ1) is 11.2. The van der Waals surface area contributed by atoms with Gasteiger partial charge in [0.05, 0.1) is 10.8 Å². The molecule has 0 N–H and O–H groups in total. The number of thiophene rings is 1. The van der Waals surface area contributed by atoms with Crippen molar-refractivity contribution >= 4 is 50.7 Å². The summed E-state index contributed by atoms with van der Waals surface area (Å²) >= 11 is 9.34. The van der Waals surface area contributed by atoms with Gasteiger partial charge in [-0.25, -0.2) is 9.97 Å². The summed E-state index contributed by atoms with van der Waals surface area (Å²) < 4.78 is 0. The van der Waals surface area contributed by atoms with Crippen LogP contribution in [0.1, 0.15) is 27.2 Å². The minimum absolute atomic E-state index is 0.0271. The number of thioether (sulfide) groups is 1. The Hall–Kier alpha value is -1.43. The Labute approximate surface area is 147 Å². The summed E-state index contributed by atoms with van der Waals surface area (Å²) in [5, 5.41) is 2.57. The smallest absolute Gasteiger partial charge is 0.174 e. The number of halogens is 1. The van der Waals surface area contributed by atoms with Gasteiger partial charge in [-0.3, -0.25) is 4.79 Å². The van der Waals surface area contributed by atoms with Crippen molar-refractivity contribution in [2.24, 2.45) is 0 Å². The van der Waals surface area contributed by atoms with Gasteiger partial charge in [0.25, 0.3) is 0 Å². The molecule has 2 heterocycles. The van der Waals surface area contributed by atoms with Gasteiger partial charge in [-0.15, -0.1) is 11.3 Å². The Balaban J connectivity index is 1.61. The minimum Gasteiger partial charge on any atom is -0.293 e. The summed E-state index contributed by atoms with van der Waals surface area (Å²) in [5.74, 6) is 0.361. The molecule has 0 bridgehead atoms. The number of hydrogen-bond donors (Lipinski definition) is 0. The molecule has 0 aliphatic heterocycles. The van der Waals surface area contributed by atoms with E-state index in [1.165, 1.54) is 28.6 Å². The van der Waals surface area contributed by atoms with E-state index in [0.29, 0.717) is 16.3 Å². The maximum atomic E-state index is 12.4. The number of rotatable bonds is 4. The minimum atomic E-state index is 0.0271. The Morgan fingerprint density at radius 2 is 2.13 bits per heavy atom. The third kappa shape index (κ3) is 2.77. The van der Waals surface area contributed by atoms with Crippen molar-refractivity contribution in [3.8, 4) is 0 Å². The standard InChI is InChI=1S/C17H13ClN2OS2/c18-12-6-2-1-4-10(12)13(21)8-22-16-15-11-5-3-7-14(11)23-17(15)20-9-19-16/h1-2,4,6,9H,3,5,7-8H2. The van der Waals surface area contributed by atoms with Gasteiger partial charge in [0.15, 0.2) is 5.78 Å². The molecule has 23 heavy (non-hydrogen) atoms. The van der Waals surface area contributed by atoms with Gasteiger partial charge < -0.3 is 0 Å². The van der Waals surface area contributed by atoms with Crippen molar-refractivity contribution in [1.29, 1.82) is 0 Å². The molecule has 3 nitrogen and oxygen atoms in total. The third-order valence-corrected chi connectivity index (χ3v) is 6.50. The second kappa shape index (κ2) is 6.23. The van der Waals surface area contributed by atoms with Crippen molar-refractivity contribution in [3.05, 3.63) is 51.6 Å². The van der Waals surface area contributed by atoms with Crippen LogP contribution in [0.25, 0.3) is 10.2 Å². The number of fused-ring (bicyclic) bond motifs is 3. The first-order valence-electron chi connectivity index (χ1n) is 7.40. The van der Waals surface area contributed by atoms with E-state index < -0.39 is 0 Å². The normalized spacial score (nSPS) is 13.4. The average molecular weight is 361 g/mol. The second-order valence-electron chi connectivity index (χ2n) is 5.41. The zero-order valence-corrected chi connectivity index (χ0v) is 14.6. The number of carbonyl (C=O) groups is 1. The number of benzene rings is 1. The predicted octanol–water partition coefficient (Wildman–Crippen LogP) is 4.81. The lowest BCUT2D eigenvalue weighted by molar-refractivity contribution is 0.102. The van der Waals surface area contributed by atoms with Crippen molar-refractivity contribution < 1.29 is 4.79 Å². The molecular weight excluding hydrogens is 348 g/mol. The molecule has 0 radical (unpaired) electrons. The van der Waals surface area contributed by atoms with E-state index >= 15 is 0 Å². The van der Waals surface area contributed by atoms with Gasteiger partial charge in [0.1, 0.15) is 16.2 Å². The third-order valence-electron chi connectivity index (χ3n) is 3.98. The summed E-state index contributed by atoms with van der Waals surface area (Å²) in [4.78, 5) is 23.7. The molecule has 0 spiro atoms. The molecule has 1 aliphatic carbocycles. The van der Waals surface area contributed by atoms with E-state index in [2.05, 4.69) is 9.97 Å². The van der Waals surface area contributed by atoms with E-state index in [1.54, 1.807) is 29.8 Å². The lowest BCUT2D eigenvalue weighted by Crippen LogP contribution is -2.03. The first-order valence-corrected chi connectivity index (χ1v) is 9.58. The number of ketones is 1. The number of carbonyl (C=O) groups excluding carboxylic acids is 1. The highest BCUT2D eigenvalue weighted by atomic mass is 35.5. The van der Waals surface area contributed by atoms with Crippen molar-refractivity contribution in [2.75, 3.05) is 5.75 Å². The first kappa shape index (κ1) is 15.1. The molecule has 0 saturated heterocycles. The van der Waals surface area contributed by atoms with E-state index in [-0.39, 0.29) is 5.78 Å². The number of hydrogen-bond acceptors (Lipinski definition) is 5. The lowest BCUT2D eigenvalue weighted by atomic mass is 10.1. The lowest BCUT2D eigenvalue weighted by Gasteiger charge is -2.05. The van der Waals surface area contributed by atoms with Crippen LogP contribution in [-0.2, 0) is 12.8 Å². The number of aryl methyl sites for hydroxylation is 2. The Kier molecular flexibility index (Phi) is 4.09. The summed E-state index contributed by atoms with van der Waals surface area (Å²) in [7, 11) is 0. The van der Waals surface area contributed by atoms with Crippen LogP contribution in [0.2, 0.25) is 5.02 Å². The SMILES string of the molecule is O=C(CSc1ncnc2sc3c(c12)CCC3)c1ccccc1Cl. The highest BCUT2D eigenvalue weighted by Crippen LogP contribution is 2.40. The van der Waals surface area contributed by atoms with Gasteiger partial charge in [0, 0.05) is 15.8 Å². The van der Waals surface area contributed by atoms with Crippen molar-refractivity contribution in [2.45, 2.75) is 24.3 Å². The van der Waals surface area contributed by atoms with Crippen LogP contribution in [-0.4, -0.2) is 21.5 Å². The van der Waals surface area contributed by atoms with Crippen molar-refractivity contribution in [3.63, 3.8) is 0 Å². The molecule has 2 aromatic heterocycles. The molecule has 0 unspecified atom stereocenters. The Morgan fingerprint density at radius 3 is 3.00 bits per heavy atom. The molecule has 3 aromatic rings. The molecular formula is C17H13ClN2OS2. The van der Waals surface area contributed by atoms with Gasteiger partial charge in [0.2, 0.25) is 0 Å². The maximum Gasteiger partial charge on any atom is 0.174 e. The average Bonchev–Trinajstić information content (AvgIpc) is 3.13. The van der Waals surface area contributed by atoms with Crippen LogP contribution in [0.3, 0.4) is 0 Å². The summed E-state index contributed by atoms with van der Waals surface area (Å²) in [6, 6.07) is 7.17. The van der Waals surface area contributed by atoms with Gasteiger partial charge >= 0.3 is 0 Å². The number of Topliss-reactive ketones (excluding diaryl/α,β-unsaturated/α-hetero) is 1. The maximum absolute atomic E-state index is 12.4. The van der Waals surface area contributed by atoms with E-state index in [9.17, 15) is 4.79 Å². The fourth-order valence-electron chi connectivity index (χ4n) is 2.91. The fourth-order valence-corrected chi connectivity index (χ4v) is 5.35. The molecule has 0 atom stereocenters. The highest BCUT2D eigenvalue weighted by Gasteiger charge is 2.22. The summed E-state index contributed by atoms with van der Waals surface area (Å²) in [6.45, 7) is 0. The molecule has 0 amide bonds. The summed E-state index contributed by atoms with van der Waals surface area (Å²) in [5.41, 5.74) is 1.96. The quantitative estimate of drug-likeness (QED) is 0.380.